The van der Waals surface area contributed by atoms with Crippen molar-refractivity contribution in [1.82, 2.24) is 4.31 Å². The van der Waals surface area contributed by atoms with Crippen LogP contribution in [0, 0.1) is 0 Å². The molecule has 0 aromatic rings. The summed E-state index contributed by atoms with van der Waals surface area (Å²) in [5.41, 5.74) is 1.15. The third-order valence-corrected chi connectivity index (χ3v) is 4.32. The maximum atomic E-state index is 11.2. The molecule has 0 bridgehead atoms. The van der Waals surface area contributed by atoms with Gasteiger partial charge in [-0.1, -0.05) is 0 Å². The lowest BCUT2D eigenvalue weighted by molar-refractivity contribution is 0.524. The maximum Gasteiger partial charge on any atom is 0.344 e. The molecule has 68 valence electrons. The minimum atomic E-state index is -3.46. The van der Waals surface area contributed by atoms with E-state index in [0.29, 0.717) is 11.4 Å². The number of rotatable bonds is 0. The lowest BCUT2D eigenvalue weighted by atomic mass is 10.3. The average molecular weight is 253 g/mol. The molecule has 12 heavy (non-hydrogen) atoms. The second kappa shape index (κ2) is 2.85. The van der Waals surface area contributed by atoms with Crippen molar-refractivity contribution in [3.63, 3.8) is 0 Å². The molecule has 0 aromatic carbocycles. The molecule has 0 unspecified atom stereocenters. The molecule has 0 fully saturated rings. The Labute approximate surface area is 80.3 Å². The number of hydrogen-bond donors (Lipinski definition) is 0. The van der Waals surface area contributed by atoms with Crippen LogP contribution < -0.4 is 0 Å². The van der Waals surface area contributed by atoms with E-state index in [1.54, 1.807) is 13.8 Å². The Kier molecular flexibility index (Phi) is 2.31. The van der Waals surface area contributed by atoms with Gasteiger partial charge in [0.05, 0.1) is 10.2 Å². The van der Waals surface area contributed by atoms with E-state index in [1.165, 1.54) is 7.05 Å². The van der Waals surface area contributed by atoms with E-state index in [-0.39, 0.29) is 0 Å². The lowest BCUT2D eigenvalue weighted by Crippen LogP contribution is -2.28. The minimum Gasteiger partial charge on any atom is -0.258 e. The summed E-state index contributed by atoms with van der Waals surface area (Å²) in [5.74, 6) is 0. The van der Waals surface area contributed by atoms with Crippen molar-refractivity contribution < 1.29 is 8.42 Å². The first-order chi connectivity index (χ1) is 5.36. The van der Waals surface area contributed by atoms with Crippen LogP contribution in [0.2, 0.25) is 0 Å². The second-order valence-electron chi connectivity index (χ2n) is 2.52. The molecule has 0 N–H and O–H groups in total. The van der Waals surface area contributed by atoms with Crippen molar-refractivity contribution in [2.24, 2.45) is 4.40 Å². The fourth-order valence-corrected chi connectivity index (χ4v) is 2.43. The van der Waals surface area contributed by atoms with Crippen molar-refractivity contribution in [3.8, 4) is 0 Å². The largest absolute Gasteiger partial charge is 0.344 e. The van der Waals surface area contributed by atoms with E-state index in [4.69, 9.17) is 0 Å². The first-order valence-corrected chi connectivity index (χ1v) is 5.47. The maximum absolute atomic E-state index is 11.2. The van der Waals surface area contributed by atoms with Gasteiger partial charge in [-0.05, 0) is 29.8 Å². The zero-order valence-corrected chi connectivity index (χ0v) is 9.40. The summed E-state index contributed by atoms with van der Waals surface area (Å²) in [6.45, 7) is 3.37. The van der Waals surface area contributed by atoms with Gasteiger partial charge in [0.2, 0.25) is 0 Å². The summed E-state index contributed by atoms with van der Waals surface area (Å²) in [7, 11) is -1.99. The zero-order chi connectivity index (χ0) is 9.52. The topological polar surface area (TPSA) is 49.7 Å². The molecule has 0 aromatic heterocycles. The predicted octanol–water partition coefficient (Wildman–Crippen LogP) is 1.26. The Hall–Kier alpha value is -0.360. The molecule has 0 atom stereocenters. The van der Waals surface area contributed by atoms with Crippen LogP contribution >= 0.6 is 15.9 Å². The number of nitrogens with zero attached hydrogens (tertiary/aromatic N) is 2. The number of halogens is 1. The van der Waals surface area contributed by atoms with Crippen LogP contribution in [0.15, 0.2) is 14.6 Å². The second-order valence-corrected chi connectivity index (χ2v) is 4.94. The molecule has 1 aliphatic heterocycles. The Bertz CT molecular complexity index is 369. The van der Waals surface area contributed by atoms with E-state index in [0.717, 1.165) is 8.79 Å². The summed E-state index contributed by atoms with van der Waals surface area (Å²) in [6.07, 6.45) is 0. The molecule has 1 heterocycles. The van der Waals surface area contributed by atoms with Gasteiger partial charge in [0.1, 0.15) is 0 Å². The van der Waals surface area contributed by atoms with Gasteiger partial charge in [-0.3, -0.25) is 4.31 Å². The van der Waals surface area contributed by atoms with Crippen molar-refractivity contribution >= 4 is 31.9 Å². The fraction of sp³-hybridized carbons (Fsp3) is 0.500. The van der Waals surface area contributed by atoms with Crippen LogP contribution in [-0.4, -0.2) is 25.5 Å². The normalized spacial score (nSPS) is 22.7. The van der Waals surface area contributed by atoms with E-state index < -0.39 is 10.2 Å². The standard InChI is InChI=1S/C6H9BrN2O2S/c1-4-6(7)5(2)9(3)12(10,11)8-4/h1-3H3. The highest BCUT2D eigenvalue weighted by Gasteiger charge is 2.24. The van der Waals surface area contributed by atoms with Gasteiger partial charge < -0.3 is 0 Å². The number of hydrogen-bond acceptors (Lipinski definition) is 2. The van der Waals surface area contributed by atoms with Crippen molar-refractivity contribution in [2.75, 3.05) is 7.05 Å². The Morgan fingerprint density at radius 2 is 1.92 bits per heavy atom. The average Bonchev–Trinajstić information content (AvgIpc) is 1.97. The van der Waals surface area contributed by atoms with Gasteiger partial charge in [-0.15, -0.1) is 4.40 Å². The predicted molar refractivity (Wildman–Crippen MR) is 51.4 cm³/mol. The minimum absolute atomic E-state index is 0.491. The highest BCUT2D eigenvalue weighted by molar-refractivity contribution is 9.12. The molecule has 4 nitrogen and oxygen atoms in total. The van der Waals surface area contributed by atoms with Gasteiger partial charge in [0, 0.05) is 12.7 Å². The van der Waals surface area contributed by atoms with Crippen molar-refractivity contribution in [2.45, 2.75) is 13.8 Å². The molecule has 0 saturated heterocycles. The molecule has 6 heteroatoms. The summed E-state index contributed by atoms with van der Waals surface area (Å²) in [5, 5.41) is 0. The highest BCUT2D eigenvalue weighted by Crippen LogP contribution is 2.24. The summed E-state index contributed by atoms with van der Waals surface area (Å²) in [4.78, 5) is 0. The molecular formula is C6H9BrN2O2S. The summed E-state index contributed by atoms with van der Waals surface area (Å²) < 4.78 is 27.9. The molecule has 1 rings (SSSR count). The van der Waals surface area contributed by atoms with Crippen molar-refractivity contribution in [3.05, 3.63) is 10.2 Å². The van der Waals surface area contributed by atoms with E-state index in [1.807, 2.05) is 0 Å². The number of allylic oxidation sites excluding steroid dienone is 2. The van der Waals surface area contributed by atoms with E-state index in [2.05, 4.69) is 20.3 Å². The highest BCUT2D eigenvalue weighted by atomic mass is 79.9. The van der Waals surface area contributed by atoms with Crippen LogP contribution in [0.4, 0.5) is 0 Å². The summed E-state index contributed by atoms with van der Waals surface area (Å²) in [6, 6.07) is 0. The van der Waals surface area contributed by atoms with Gasteiger partial charge in [-0.25, -0.2) is 0 Å². The Morgan fingerprint density at radius 3 is 2.42 bits per heavy atom. The molecule has 1 aliphatic rings. The van der Waals surface area contributed by atoms with Gasteiger partial charge in [0.25, 0.3) is 0 Å². The van der Waals surface area contributed by atoms with Crippen LogP contribution in [0.3, 0.4) is 0 Å². The summed E-state index contributed by atoms with van der Waals surface area (Å²) >= 11 is 3.25. The molecule has 0 amide bonds. The Morgan fingerprint density at radius 1 is 1.42 bits per heavy atom. The Balaban J connectivity index is 3.34. The monoisotopic (exact) mass is 252 g/mol. The molecular weight excluding hydrogens is 244 g/mol. The van der Waals surface area contributed by atoms with E-state index in [9.17, 15) is 8.42 Å². The van der Waals surface area contributed by atoms with Crippen LogP contribution in [-0.2, 0) is 10.2 Å². The van der Waals surface area contributed by atoms with Gasteiger partial charge >= 0.3 is 10.2 Å². The fourth-order valence-electron chi connectivity index (χ4n) is 0.847. The quantitative estimate of drug-likeness (QED) is 0.652. The third kappa shape index (κ3) is 1.40. The smallest absolute Gasteiger partial charge is 0.258 e. The molecule has 0 spiro atoms. The van der Waals surface area contributed by atoms with Crippen LogP contribution in [0.5, 0.6) is 0 Å². The van der Waals surface area contributed by atoms with Crippen molar-refractivity contribution in [1.29, 1.82) is 0 Å². The van der Waals surface area contributed by atoms with Gasteiger partial charge in [-0.2, -0.15) is 8.42 Å². The van der Waals surface area contributed by atoms with Crippen LogP contribution in [0.25, 0.3) is 0 Å². The lowest BCUT2D eigenvalue weighted by Gasteiger charge is -2.22. The molecule has 0 saturated carbocycles. The van der Waals surface area contributed by atoms with Gasteiger partial charge in [0.15, 0.2) is 0 Å². The SMILES string of the molecule is CC1=NS(=O)(=O)N(C)C(C)=C1Br. The van der Waals surface area contributed by atoms with Crippen LogP contribution in [0.1, 0.15) is 13.8 Å². The zero-order valence-electron chi connectivity index (χ0n) is 7.00. The molecule has 0 aliphatic carbocycles. The first-order valence-electron chi connectivity index (χ1n) is 3.28. The van der Waals surface area contributed by atoms with E-state index >= 15 is 0 Å². The first kappa shape index (κ1) is 9.73. The third-order valence-electron chi connectivity index (χ3n) is 1.71. The molecule has 0 radical (unpaired) electrons.